The van der Waals surface area contributed by atoms with E-state index in [1.165, 1.54) is 38.5 Å². The Hall–Kier alpha value is -0.900. The molecular weight excluding hydrogens is 262 g/mol. The number of piperidine rings is 1. The molecule has 0 atom stereocenters. The smallest absolute Gasteiger partial charge is 0.240 e. The SMILES string of the molecule is CCCCCCCCCC(=O)NN=C1CCN(CC)CC1. The number of hydrogen-bond acceptors (Lipinski definition) is 3. The summed E-state index contributed by atoms with van der Waals surface area (Å²) in [5, 5.41) is 4.28. The van der Waals surface area contributed by atoms with E-state index in [2.05, 4.69) is 29.3 Å². The summed E-state index contributed by atoms with van der Waals surface area (Å²) in [7, 11) is 0. The Labute approximate surface area is 130 Å². The van der Waals surface area contributed by atoms with Crippen molar-refractivity contribution in [2.75, 3.05) is 19.6 Å². The molecule has 21 heavy (non-hydrogen) atoms. The highest BCUT2D eigenvalue weighted by atomic mass is 16.2. The van der Waals surface area contributed by atoms with Gasteiger partial charge >= 0.3 is 0 Å². The maximum absolute atomic E-state index is 11.7. The highest BCUT2D eigenvalue weighted by Gasteiger charge is 2.13. The largest absolute Gasteiger partial charge is 0.303 e. The summed E-state index contributed by atoms with van der Waals surface area (Å²) in [6.45, 7) is 7.67. The van der Waals surface area contributed by atoms with Gasteiger partial charge in [0.1, 0.15) is 0 Å². The van der Waals surface area contributed by atoms with Gasteiger partial charge < -0.3 is 4.90 Å². The predicted molar refractivity (Wildman–Crippen MR) is 89.5 cm³/mol. The van der Waals surface area contributed by atoms with E-state index in [0.717, 1.165) is 44.6 Å². The van der Waals surface area contributed by atoms with Gasteiger partial charge in [-0.15, -0.1) is 0 Å². The Kier molecular flexibility index (Phi) is 10.1. The lowest BCUT2D eigenvalue weighted by molar-refractivity contribution is -0.121. The van der Waals surface area contributed by atoms with Crippen molar-refractivity contribution < 1.29 is 4.79 Å². The molecule has 0 unspecified atom stereocenters. The molecule has 0 radical (unpaired) electrons. The number of carbonyl (C=O) groups excluding carboxylic acids is 1. The number of nitrogens with zero attached hydrogens (tertiary/aromatic N) is 2. The first-order valence-electron chi connectivity index (χ1n) is 8.82. The maximum atomic E-state index is 11.7. The molecule has 0 aromatic carbocycles. The lowest BCUT2D eigenvalue weighted by Gasteiger charge is -2.25. The number of unbranched alkanes of at least 4 members (excludes halogenated alkanes) is 6. The molecule has 1 saturated heterocycles. The molecule has 0 aromatic rings. The Morgan fingerprint density at radius 2 is 1.67 bits per heavy atom. The van der Waals surface area contributed by atoms with Gasteiger partial charge in [-0.3, -0.25) is 4.79 Å². The Bertz CT molecular complexity index is 305. The van der Waals surface area contributed by atoms with E-state index in [-0.39, 0.29) is 5.91 Å². The fraction of sp³-hybridized carbons (Fsp3) is 0.882. The molecule has 1 fully saturated rings. The van der Waals surface area contributed by atoms with Crippen molar-refractivity contribution in [1.29, 1.82) is 0 Å². The number of carbonyl (C=O) groups is 1. The standard InChI is InChI=1S/C17H33N3O/c1-3-5-6-7-8-9-10-11-17(21)19-18-16-12-14-20(4-2)15-13-16/h3-15H2,1-2H3,(H,19,21). The Balaban J connectivity index is 2.01. The second-order valence-electron chi connectivity index (χ2n) is 6.02. The van der Waals surface area contributed by atoms with Crippen LogP contribution < -0.4 is 5.43 Å². The van der Waals surface area contributed by atoms with Gasteiger partial charge in [0.2, 0.25) is 5.91 Å². The molecule has 1 heterocycles. The zero-order valence-corrected chi connectivity index (χ0v) is 14.0. The molecule has 1 N–H and O–H groups in total. The summed E-state index contributed by atoms with van der Waals surface area (Å²) >= 11 is 0. The van der Waals surface area contributed by atoms with Gasteiger partial charge in [-0.05, 0) is 13.0 Å². The number of hydrazone groups is 1. The Morgan fingerprint density at radius 1 is 1.05 bits per heavy atom. The van der Waals surface area contributed by atoms with Crippen LogP contribution in [0.5, 0.6) is 0 Å². The number of nitrogens with one attached hydrogen (secondary N) is 1. The fourth-order valence-corrected chi connectivity index (χ4v) is 2.68. The van der Waals surface area contributed by atoms with E-state index >= 15 is 0 Å². The average molecular weight is 295 g/mol. The van der Waals surface area contributed by atoms with Crippen LogP contribution in [0.4, 0.5) is 0 Å². The summed E-state index contributed by atoms with van der Waals surface area (Å²) in [6.07, 6.45) is 11.3. The first-order valence-corrected chi connectivity index (χ1v) is 8.82. The van der Waals surface area contributed by atoms with Gasteiger partial charge in [-0.1, -0.05) is 52.4 Å². The minimum absolute atomic E-state index is 0.0778. The lowest BCUT2D eigenvalue weighted by Crippen LogP contribution is -2.34. The highest BCUT2D eigenvalue weighted by molar-refractivity contribution is 5.87. The monoisotopic (exact) mass is 295 g/mol. The van der Waals surface area contributed by atoms with E-state index in [9.17, 15) is 4.79 Å². The maximum Gasteiger partial charge on any atom is 0.240 e. The zero-order chi connectivity index (χ0) is 15.3. The molecule has 1 amide bonds. The summed E-state index contributed by atoms with van der Waals surface area (Å²) < 4.78 is 0. The number of likely N-dealkylation sites (tertiary alicyclic amines) is 1. The van der Waals surface area contributed by atoms with E-state index in [1.54, 1.807) is 0 Å². The van der Waals surface area contributed by atoms with Crippen molar-refractivity contribution in [1.82, 2.24) is 10.3 Å². The lowest BCUT2D eigenvalue weighted by atomic mass is 10.1. The third-order valence-corrected chi connectivity index (χ3v) is 4.23. The van der Waals surface area contributed by atoms with E-state index < -0.39 is 0 Å². The second-order valence-corrected chi connectivity index (χ2v) is 6.02. The molecule has 0 aliphatic carbocycles. The number of rotatable bonds is 10. The minimum Gasteiger partial charge on any atom is -0.303 e. The van der Waals surface area contributed by atoms with Crippen LogP contribution in [0.2, 0.25) is 0 Å². The van der Waals surface area contributed by atoms with Crippen molar-refractivity contribution in [2.24, 2.45) is 5.10 Å². The van der Waals surface area contributed by atoms with Crippen LogP contribution >= 0.6 is 0 Å². The molecule has 1 aliphatic heterocycles. The average Bonchev–Trinajstić information content (AvgIpc) is 2.52. The summed E-state index contributed by atoms with van der Waals surface area (Å²) in [5.41, 5.74) is 3.87. The Morgan fingerprint density at radius 3 is 2.29 bits per heavy atom. The third kappa shape index (κ3) is 8.86. The molecule has 4 nitrogen and oxygen atoms in total. The molecular formula is C17H33N3O. The first kappa shape index (κ1) is 18.1. The zero-order valence-electron chi connectivity index (χ0n) is 14.0. The summed E-state index contributed by atoms with van der Waals surface area (Å²) in [6, 6.07) is 0. The highest BCUT2D eigenvalue weighted by Crippen LogP contribution is 2.09. The topological polar surface area (TPSA) is 44.7 Å². The molecule has 4 heteroatoms. The van der Waals surface area contributed by atoms with Crippen LogP contribution in [0.1, 0.15) is 78.1 Å². The van der Waals surface area contributed by atoms with Gasteiger partial charge in [0.15, 0.2) is 0 Å². The van der Waals surface area contributed by atoms with Gasteiger partial charge in [0.05, 0.1) is 0 Å². The molecule has 0 spiro atoms. The van der Waals surface area contributed by atoms with Crippen LogP contribution in [0, 0.1) is 0 Å². The van der Waals surface area contributed by atoms with Crippen molar-refractivity contribution in [3.05, 3.63) is 0 Å². The number of amides is 1. The van der Waals surface area contributed by atoms with Crippen LogP contribution in [-0.2, 0) is 4.79 Å². The minimum atomic E-state index is 0.0778. The van der Waals surface area contributed by atoms with Crippen LogP contribution in [-0.4, -0.2) is 36.2 Å². The second kappa shape index (κ2) is 11.7. The van der Waals surface area contributed by atoms with Crippen LogP contribution in [0.25, 0.3) is 0 Å². The predicted octanol–water partition coefficient (Wildman–Crippen LogP) is 3.72. The van der Waals surface area contributed by atoms with Gasteiger partial charge in [-0.25, -0.2) is 5.43 Å². The fourth-order valence-electron chi connectivity index (χ4n) is 2.68. The van der Waals surface area contributed by atoms with Crippen LogP contribution in [0.15, 0.2) is 5.10 Å². The summed E-state index contributed by atoms with van der Waals surface area (Å²) in [5.74, 6) is 0.0778. The van der Waals surface area contributed by atoms with Crippen molar-refractivity contribution in [2.45, 2.75) is 78.1 Å². The van der Waals surface area contributed by atoms with E-state index in [4.69, 9.17) is 0 Å². The van der Waals surface area contributed by atoms with Crippen molar-refractivity contribution >= 4 is 11.6 Å². The van der Waals surface area contributed by atoms with E-state index in [0.29, 0.717) is 6.42 Å². The number of hydrogen-bond donors (Lipinski definition) is 1. The molecule has 1 rings (SSSR count). The quantitative estimate of drug-likeness (QED) is 0.493. The molecule has 122 valence electrons. The van der Waals surface area contributed by atoms with Crippen molar-refractivity contribution in [3.8, 4) is 0 Å². The van der Waals surface area contributed by atoms with Gasteiger partial charge in [-0.2, -0.15) is 5.10 Å². The summed E-state index contributed by atoms with van der Waals surface area (Å²) in [4.78, 5) is 14.1. The molecule has 1 aliphatic rings. The van der Waals surface area contributed by atoms with Crippen molar-refractivity contribution in [3.63, 3.8) is 0 Å². The van der Waals surface area contributed by atoms with E-state index in [1.807, 2.05) is 0 Å². The van der Waals surface area contributed by atoms with Gasteiger partial charge in [0.25, 0.3) is 0 Å². The molecule has 0 aromatic heterocycles. The van der Waals surface area contributed by atoms with Crippen LogP contribution in [0.3, 0.4) is 0 Å². The third-order valence-electron chi connectivity index (χ3n) is 4.23. The normalized spacial score (nSPS) is 16.0. The molecule has 0 bridgehead atoms. The van der Waals surface area contributed by atoms with Gasteiger partial charge in [0, 0.05) is 38.1 Å². The first-order chi connectivity index (χ1) is 10.3. The molecule has 0 saturated carbocycles.